The molecule has 1 aliphatic carbocycles. The number of ether oxygens (including phenoxy) is 1. The zero-order chi connectivity index (χ0) is 20.0. The number of hydrogen-bond acceptors (Lipinski definition) is 5. The third-order valence-electron chi connectivity index (χ3n) is 4.73. The molecule has 0 aromatic carbocycles. The highest BCUT2D eigenvalue weighted by Crippen LogP contribution is 2.49. The molecule has 1 saturated carbocycles. The van der Waals surface area contributed by atoms with E-state index in [1.54, 1.807) is 11.8 Å². The van der Waals surface area contributed by atoms with Gasteiger partial charge in [-0.3, -0.25) is 4.72 Å². The van der Waals surface area contributed by atoms with Crippen LogP contribution in [0.25, 0.3) is 0 Å². The number of aryl methyl sites for hydroxylation is 1. The molecule has 2 fully saturated rings. The van der Waals surface area contributed by atoms with Gasteiger partial charge >= 0.3 is 12.3 Å². The normalized spacial score (nSPS) is 19.6. The SMILES string of the molecule is Cc1nc(C(F)(F)F)ccc1SNC1CC2(C1)CN(C(=O)OC(C)(C)C)C2. The summed E-state index contributed by atoms with van der Waals surface area (Å²) in [5, 5.41) is 0. The maximum Gasteiger partial charge on any atom is 0.433 e. The summed E-state index contributed by atoms with van der Waals surface area (Å²) in [6, 6.07) is 2.73. The first-order valence-corrected chi connectivity index (χ1v) is 9.64. The van der Waals surface area contributed by atoms with Gasteiger partial charge in [-0.25, -0.2) is 9.78 Å². The van der Waals surface area contributed by atoms with Crippen molar-refractivity contribution in [3.05, 3.63) is 23.5 Å². The standard InChI is InChI=1S/C18H24F3N3O2S/c1-11-13(5-6-14(22-11)18(19,20)21)27-23-12-7-17(8-12)9-24(10-17)15(25)26-16(2,3)4/h5-6,12,23H,7-10H2,1-4H3. The predicted octanol–water partition coefficient (Wildman–Crippen LogP) is 4.41. The van der Waals surface area contributed by atoms with Crippen LogP contribution in [0.3, 0.4) is 0 Å². The minimum atomic E-state index is -4.42. The lowest BCUT2D eigenvalue weighted by molar-refractivity contribution is -0.141. The number of rotatable bonds is 3. The number of carbonyl (C=O) groups excluding carboxylic acids is 1. The number of halogens is 3. The molecule has 0 atom stereocenters. The van der Waals surface area contributed by atoms with Gasteiger partial charge in [0.25, 0.3) is 0 Å². The van der Waals surface area contributed by atoms with Gasteiger partial charge in [0.2, 0.25) is 0 Å². The summed E-state index contributed by atoms with van der Waals surface area (Å²) in [6.07, 6.45) is -2.82. The fourth-order valence-corrected chi connectivity index (χ4v) is 4.30. The first kappa shape index (κ1) is 20.3. The molecule has 1 aromatic heterocycles. The van der Waals surface area contributed by atoms with Gasteiger partial charge in [0.15, 0.2) is 0 Å². The number of hydrogen-bond donors (Lipinski definition) is 1. The van der Waals surface area contributed by atoms with E-state index in [0.717, 1.165) is 18.9 Å². The minimum Gasteiger partial charge on any atom is -0.444 e. The molecule has 0 radical (unpaired) electrons. The van der Waals surface area contributed by atoms with Crippen molar-refractivity contribution in [3.8, 4) is 0 Å². The second-order valence-electron chi connectivity index (χ2n) is 8.44. The van der Waals surface area contributed by atoms with Gasteiger partial charge in [0, 0.05) is 29.4 Å². The predicted molar refractivity (Wildman–Crippen MR) is 96.2 cm³/mol. The topological polar surface area (TPSA) is 54.5 Å². The Hall–Kier alpha value is -1.48. The third kappa shape index (κ3) is 4.68. The summed E-state index contributed by atoms with van der Waals surface area (Å²) >= 11 is 1.32. The summed E-state index contributed by atoms with van der Waals surface area (Å²) in [6.45, 7) is 8.51. The Bertz CT molecular complexity index is 720. The zero-order valence-corrected chi connectivity index (χ0v) is 16.6. The van der Waals surface area contributed by atoms with Gasteiger partial charge in [0.05, 0.1) is 5.69 Å². The van der Waals surface area contributed by atoms with Crippen molar-refractivity contribution < 1.29 is 22.7 Å². The van der Waals surface area contributed by atoms with Crippen LogP contribution >= 0.6 is 11.9 Å². The highest BCUT2D eigenvalue weighted by molar-refractivity contribution is 7.97. The average Bonchev–Trinajstić information content (AvgIpc) is 2.42. The number of carbonyl (C=O) groups is 1. The van der Waals surface area contributed by atoms with Crippen molar-refractivity contribution in [1.82, 2.24) is 14.6 Å². The number of nitrogens with zero attached hydrogens (tertiary/aromatic N) is 2. The molecule has 5 nitrogen and oxygen atoms in total. The van der Waals surface area contributed by atoms with Gasteiger partial charge in [-0.15, -0.1) is 0 Å². The molecule has 1 N–H and O–H groups in total. The third-order valence-corrected chi connectivity index (χ3v) is 5.83. The molecule has 2 heterocycles. The molecule has 9 heteroatoms. The fraction of sp³-hybridized carbons (Fsp3) is 0.667. The molecule has 0 unspecified atom stereocenters. The van der Waals surface area contributed by atoms with E-state index < -0.39 is 17.5 Å². The van der Waals surface area contributed by atoms with Crippen molar-refractivity contribution in [2.75, 3.05) is 13.1 Å². The van der Waals surface area contributed by atoms with E-state index >= 15 is 0 Å². The van der Waals surface area contributed by atoms with E-state index in [-0.39, 0.29) is 17.6 Å². The Kier molecular flexibility index (Phi) is 5.14. The molecule has 3 rings (SSSR count). The Balaban J connectivity index is 1.43. The van der Waals surface area contributed by atoms with Crippen LogP contribution in [-0.2, 0) is 10.9 Å². The van der Waals surface area contributed by atoms with Crippen LogP contribution in [0, 0.1) is 12.3 Å². The number of amides is 1. The summed E-state index contributed by atoms with van der Waals surface area (Å²) in [4.78, 5) is 18.0. The Morgan fingerprint density at radius 1 is 1.30 bits per heavy atom. The lowest BCUT2D eigenvalue weighted by Crippen LogP contribution is -2.67. The minimum absolute atomic E-state index is 0.155. The van der Waals surface area contributed by atoms with Gasteiger partial charge < -0.3 is 9.64 Å². The van der Waals surface area contributed by atoms with E-state index in [2.05, 4.69) is 9.71 Å². The summed E-state index contributed by atoms with van der Waals surface area (Å²) in [7, 11) is 0. The molecule has 1 aliphatic heterocycles. The van der Waals surface area contributed by atoms with Gasteiger partial charge in [-0.1, -0.05) is 0 Å². The average molecular weight is 403 g/mol. The zero-order valence-electron chi connectivity index (χ0n) is 15.8. The second kappa shape index (κ2) is 6.84. The number of pyridine rings is 1. The lowest BCUT2D eigenvalue weighted by Gasteiger charge is -2.58. The maximum absolute atomic E-state index is 12.7. The molecule has 0 bridgehead atoms. The summed E-state index contributed by atoms with van der Waals surface area (Å²) in [5.74, 6) is 0. The molecule has 1 saturated heterocycles. The Labute approximate surface area is 161 Å². The number of likely N-dealkylation sites (tertiary alicyclic amines) is 1. The van der Waals surface area contributed by atoms with E-state index in [1.807, 2.05) is 20.8 Å². The van der Waals surface area contributed by atoms with Crippen LogP contribution in [0.4, 0.5) is 18.0 Å². The number of aromatic nitrogens is 1. The molecule has 150 valence electrons. The van der Waals surface area contributed by atoms with E-state index in [0.29, 0.717) is 23.7 Å². The van der Waals surface area contributed by atoms with Crippen molar-refractivity contribution in [2.45, 2.75) is 63.3 Å². The summed E-state index contributed by atoms with van der Waals surface area (Å²) < 4.78 is 46.7. The molecular weight excluding hydrogens is 379 g/mol. The quantitative estimate of drug-likeness (QED) is 0.758. The van der Waals surface area contributed by atoms with Crippen molar-refractivity contribution >= 4 is 18.0 Å². The first-order valence-electron chi connectivity index (χ1n) is 8.82. The van der Waals surface area contributed by atoms with Crippen molar-refractivity contribution in [2.24, 2.45) is 5.41 Å². The van der Waals surface area contributed by atoms with Crippen LogP contribution in [0.5, 0.6) is 0 Å². The van der Waals surface area contributed by atoms with Crippen molar-refractivity contribution in [1.29, 1.82) is 0 Å². The van der Waals surface area contributed by atoms with Crippen LogP contribution in [0.15, 0.2) is 17.0 Å². The van der Waals surface area contributed by atoms with E-state index in [1.165, 1.54) is 18.0 Å². The smallest absolute Gasteiger partial charge is 0.433 e. The van der Waals surface area contributed by atoms with Gasteiger partial charge in [-0.05, 0) is 64.6 Å². The monoisotopic (exact) mass is 403 g/mol. The Morgan fingerprint density at radius 2 is 1.93 bits per heavy atom. The summed E-state index contributed by atoms with van der Waals surface area (Å²) in [5.41, 5.74) is -0.851. The molecule has 1 aromatic rings. The number of alkyl halides is 3. The fourth-order valence-electron chi connectivity index (χ4n) is 3.51. The van der Waals surface area contributed by atoms with Crippen LogP contribution in [-0.4, -0.2) is 40.7 Å². The highest BCUT2D eigenvalue weighted by atomic mass is 32.2. The Morgan fingerprint density at radius 3 is 2.44 bits per heavy atom. The number of nitrogens with one attached hydrogen (secondary N) is 1. The van der Waals surface area contributed by atoms with Gasteiger partial charge in [0.1, 0.15) is 11.3 Å². The molecule has 1 amide bonds. The van der Waals surface area contributed by atoms with Crippen LogP contribution < -0.4 is 4.72 Å². The molecule has 27 heavy (non-hydrogen) atoms. The second-order valence-corrected chi connectivity index (χ2v) is 9.32. The largest absolute Gasteiger partial charge is 0.444 e. The first-order chi connectivity index (χ1) is 12.4. The van der Waals surface area contributed by atoms with Crippen molar-refractivity contribution in [3.63, 3.8) is 0 Å². The van der Waals surface area contributed by atoms with E-state index in [9.17, 15) is 18.0 Å². The molecule has 1 spiro atoms. The molecule has 2 aliphatic rings. The van der Waals surface area contributed by atoms with Crippen LogP contribution in [0.1, 0.15) is 45.0 Å². The van der Waals surface area contributed by atoms with E-state index in [4.69, 9.17) is 4.74 Å². The molecular formula is C18H24F3N3O2S. The van der Waals surface area contributed by atoms with Gasteiger partial charge in [-0.2, -0.15) is 13.2 Å². The van der Waals surface area contributed by atoms with Crippen LogP contribution in [0.2, 0.25) is 0 Å². The lowest BCUT2D eigenvalue weighted by atomic mass is 9.61. The maximum atomic E-state index is 12.7. The highest BCUT2D eigenvalue weighted by Gasteiger charge is 2.54.